The van der Waals surface area contributed by atoms with E-state index in [-0.39, 0.29) is 18.6 Å². The number of carbonyl (C=O) groups is 1. The summed E-state index contributed by atoms with van der Waals surface area (Å²) < 4.78 is 4.60. The third-order valence-electron chi connectivity index (χ3n) is 2.61. The summed E-state index contributed by atoms with van der Waals surface area (Å²) in [4.78, 5) is 11.0. The SMILES string of the molecule is CCC(NCC(=O)OC)c1ccc(C)cc1. The third kappa shape index (κ3) is 3.66. The molecule has 1 aromatic carbocycles. The van der Waals surface area contributed by atoms with Crippen LogP contribution in [0, 0.1) is 6.92 Å². The maximum absolute atomic E-state index is 11.0. The molecule has 0 bridgehead atoms. The van der Waals surface area contributed by atoms with E-state index in [0.717, 1.165) is 6.42 Å². The molecule has 1 N–H and O–H groups in total. The van der Waals surface area contributed by atoms with Gasteiger partial charge in [-0.25, -0.2) is 0 Å². The highest BCUT2D eigenvalue weighted by Gasteiger charge is 2.10. The van der Waals surface area contributed by atoms with Crippen LogP contribution in [0.3, 0.4) is 0 Å². The molecule has 0 aliphatic rings. The Bertz CT molecular complexity index is 332. The first kappa shape index (κ1) is 12.7. The van der Waals surface area contributed by atoms with Crippen molar-refractivity contribution in [3.05, 3.63) is 35.4 Å². The molecule has 0 heterocycles. The van der Waals surface area contributed by atoms with E-state index in [1.54, 1.807) is 0 Å². The molecular weight excluding hydrogens is 202 g/mol. The molecule has 0 spiro atoms. The number of nitrogens with one attached hydrogen (secondary N) is 1. The van der Waals surface area contributed by atoms with Crippen molar-refractivity contribution >= 4 is 5.97 Å². The summed E-state index contributed by atoms with van der Waals surface area (Å²) in [7, 11) is 1.40. The average molecular weight is 221 g/mol. The first-order valence-electron chi connectivity index (χ1n) is 5.54. The number of esters is 1. The van der Waals surface area contributed by atoms with E-state index in [0.29, 0.717) is 0 Å². The van der Waals surface area contributed by atoms with Gasteiger partial charge in [-0.15, -0.1) is 0 Å². The number of carbonyl (C=O) groups excluding carboxylic acids is 1. The lowest BCUT2D eigenvalue weighted by atomic mass is 10.0. The lowest BCUT2D eigenvalue weighted by Gasteiger charge is -2.16. The Morgan fingerprint density at radius 2 is 2.00 bits per heavy atom. The van der Waals surface area contributed by atoms with Crippen LogP contribution < -0.4 is 5.32 Å². The summed E-state index contributed by atoms with van der Waals surface area (Å²) in [5.41, 5.74) is 2.45. The van der Waals surface area contributed by atoms with Crippen molar-refractivity contribution < 1.29 is 9.53 Å². The topological polar surface area (TPSA) is 38.3 Å². The molecular formula is C13H19NO2. The van der Waals surface area contributed by atoms with Gasteiger partial charge in [0.25, 0.3) is 0 Å². The van der Waals surface area contributed by atoms with Gasteiger partial charge in [0, 0.05) is 6.04 Å². The Kier molecular flexibility index (Phi) is 4.99. The largest absolute Gasteiger partial charge is 0.468 e. The Morgan fingerprint density at radius 3 is 2.50 bits per heavy atom. The zero-order valence-corrected chi connectivity index (χ0v) is 10.1. The van der Waals surface area contributed by atoms with Crippen molar-refractivity contribution in [1.82, 2.24) is 5.32 Å². The molecule has 0 amide bonds. The lowest BCUT2D eigenvalue weighted by Crippen LogP contribution is -2.28. The molecule has 16 heavy (non-hydrogen) atoms. The highest BCUT2D eigenvalue weighted by molar-refractivity contribution is 5.71. The van der Waals surface area contributed by atoms with Crippen molar-refractivity contribution in [2.75, 3.05) is 13.7 Å². The van der Waals surface area contributed by atoms with Crippen LogP contribution in [0.2, 0.25) is 0 Å². The molecule has 3 heteroatoms. The zero-order valence-electron chi connectivity index (χ0n) is 10.1. The van der Waals surface area contributed by atoms with Gasteiger partial charge in [0.05, 0.1) is 13.7 Å². The smallest absolute Gasteiger partial charge is 0.319 e. The fourth-order valence-electron chi connectivity index (χ4n) is 1.58. The van der Waals surface area contributed by atoms with Crippen LogP contribution in [0.25, 0.3) is 0 Å². The van der Waals surface area contributed by atoms with Gasteiger partial charge in [-0.1, -0.05) is 36.8 Å². The second-order valence-corrected chi connectivity index (χ2v) is 3.83. The lowest BCUT2D eigenvalue weighted by molar-refractivity contribution is -0.139. The molecule has 0 aliphatic heterocycles. The highest BCUT2D eigenvalue weighted by atomic mass is 16.5. The van der Waals surface area contributed by atoms with E-state index in [1.165, 1.54) is 18.2 Å². The van der Waals surface area contributed by atoms with E-state index >= 15 is 0 Å². The van der Waals surface area contributed by atoms with E-state index in [2.05, 4.69) is 48.2 Å². The van der Waals surface area contributed by atoms with Crippen LogP contribution in [-0.4, -0.2) is 19.6 Å². The van der Waals surface area contributed by atoms with Gasteiger partial charge in [0.2, 0.25) is 0 Å². The Morgan fingerprint density at radius 1 is 1.38 bits per heavy atom. The van der Waals surface area contributed by atoms with Crippen molar-refractivity contribution in [1.29, 1.82) is 0 Å². The summed E-state index contributed by atoms with van der Waals surface area (Å²) in [6.07, 6.45) is 0.944. The van der Waals surface area contributed by atoms with Gasteiger partial charge < -0.3 is 10.1 Å². The number of hydrogen-bond donors (Lipinski definition) is 1. The van der Waals surface area contributed by atoms with Crippen molar-refractivity contribution in [3.8, 4) is 0 Å². The Labute approximate surface area is 96.8 Å². The second-order valence-electron chi connectivity index (χ2n) is 3.83. The van der Waals surface area contributed by atoms with Crippen molar-refractivity contribution in [2.24, 2.45) is 0 Å². The summed E-state index contributed by atoms with van der Waals surface area (Å²) in [6, 6.07) is 8.55. The third-order valence-corrected chi connectivity index (χ3v) is 2.61. The average Bonchev–Trinajstić information content (AvgIpc) is 2.31. The van der Waals surface area contributed by atoms with Crippen molar-refractivity contribution in [2.45, 2.75) is 26.3 Å². The predicted octanol–water partition coefficient (Wildman–Crippen LogP) is 2.21. The Balaban J connectivity index is 2.60. The normalized spacial score (nSPS) is 12.2. The molecule has 0 saturated carbocycles. The highest BCUT2D eigenvalue weighted by Crippen LogP contribution is 2.16. The number of benzene rings is 1. The van der Waals surface area contributed by atoms with Gasteiger partial charge in [-0.2, -0.15) is 0 Å². The minimum Gasteiger partial charge on any atom is -0.468 e. The maximum atomic E-state index is 11.0. The summed E-state index contributed by atoms with van der Waals surface area (Å²) in [6.45, 7) is 4.41. The van der Waals surface area contributed by atoms with E-state index in [1.807, 2.05) is 0 Å². The fraction of sp³-hybridized carbons (Fsp3) is 0.462. The monoisotopic (exact) mass is 221 g/mol. The van der Waals surface area contributed by atoms with E-state index in [4.69, 9.17) is 0 Å². The molecule has 0 aliphatic carbocycles. The van der Waals surface area contributed by atoms with Gasteiger partial charge >= 0.3 is 5.97 Å². The van der Waals surface area contributed by atoms with Gasteiger partial charge in [-0.3, -0.25) is 4.79 Å². The van der Waals surface area contributed by atoms with Crippen LogP contribution in [0.5, 0.6) is 0 Å². The van der Waals surface area contributed by atoms with Crippen molar-refractivity contribution in [3.63, 3.8) is 0 Å². The Hall–Kier alpha value is -1.35. The number of methoxy groups -OCH3 is 1. The second kappa shape index (κ2) is 6.28. The van der Waals surface area contributed by atoms with Crippen LogP contribution >= 0.6 is 0 Å². The van der Waals surface area contributed by atoms with Crippen LogP contribution in [0.4, 0.5) is 0 Å². The predicted molar refractivity (Wildman–Crippen MR) is 64.2 cm³/mol. The molecule has 0 aromatic heterocycles. The molecule has 0 saturated heterocycles. The molecule has 0 fully saturated rings. The molecule has 1 atom stereocenters. The minimum atomic E-state index is -0.231. The fourth-order valence-corrected chi connectivity index (χ4v) is 1.58. The van der Waals surface area contributed by atoms with Crippen LogP contribution in [-0.2, 0) is 9.53 Å². The number of rotatable bonds is 5. The molecule has 88 valence electrons. The first-order chi connectivity index (χ1) is 7.67. The number of hydrogen-bond acceptors (Lipinski definition) is 3. The van der Waals surface area contributed by atoms with Gasteiger partial charge in [0.1, 0.15) is 0 Å². The first-order valence-corrected chi connectivity index (χ1v) is 5.54. The van der Waals surface area contributed by atoms with Gasteiger partial charge in [-0.05, 0) is 18.9 Å². The summed E-state index contributed by atoms with van der Waals surface area (Å²) >= 11 is 0. The minimum absolute atomic E-state index is 0.208. The quantitative estimate of drug-likeness (QED) is 0.775. The molecule has 1 aromatic rings. The summed E-state index contributed by atoms with van der Waals surface area (Å²) in [5, 5.41) is 3.18. The van der Waals surface area contributed by atoms with Crippen LogP contribution in [0.1, 0.15) is 30.5 Å². The molecule has 3 nitrogen and oxygen atoms in total. The molecule has 1 rings (SSSR count). The standard InChI is InChI=1S/C13H19NO2/c1-4-12(14-9-13(15)16-3)11-7-5-10(2)6-8-11/h5-8,12,14H,4,9H2,1-3H3. The zero-order chi connectivity index (χ0) is 12.0. The van der Waals surface area contributed by atoms with E-state index in [9.17, 15) is 4.79 Å². The van der Waals surface area contributed by atoms with Crippen LogP contribution in [0.15, 0.2) is 24.3 Å². The van der Waals surface area contributed by atoms with E-state index < -0.39 is 0 Å². The number of aryl methyl sites for hydroxylation is 1. The number of ether oxygens (including phenoxy) is 1. The summed E-state index contributed by atoms with van der Waals surface area (Å²) in [5.74, 6) is -0.231. The molecule has 0 radical (unpaired) electrons. The van der Waals surface area contributed by atoms with Gasteiger partial charge in [0.15, 0.2) is 0 Å². The maximum Gasteiger partial charge on any atom is 0.319 e. The molecule has 1 unspecified atom stereocenters.